The fourth-order valence-corrected chi connectivity index (χ4v) is 0.821. The summed E-state index contributed by atoms with van der Waals surface area (Å²) in [6, 6.07) is -0.0251. The minimum absolute atomic E-state index is 0.0251. The van der Waals surface area contributed by atoms with E-state index >= 15 is 0 Å². The molecule has 0 radical (unpaired) electrons. The highest BCUT2D eigenvalue weighted by atomic mass is 16.2. The van der Waals surface area contributed by atoms with Gasteiger partial charge in [0, 0.05) is 6.04 Å². The Morgan fingerprint density at radius 2 is 2.09 bits per heavy atom. The molecule has 5 nitrogen and oxygen atoms in total. The monoisotopic (exact) mass is 157 g/mol. The van der Waals surface area contributed by atoms with E-state index in [2.05, 4.69) is 5.32 Å². The molecule has 1 aliphatic carbocycles. The third-order valence-corrected chi connectivity index (χ3v) is 1.61. The zero-order valence-corrected chi connectivity index (χ0v) is 6.04. The topological polar surface area (TPSA) is 98.2 Å². The highest BCUT2D eigenvalue weighted by Crippen LogP contribution is 2.27. The largest absolute Gasteiger partial charge is 0.368 e. The molecule has 2 atom stereocenters. The smallest absolute Gasteiger partial charge is 0.236 e. The lowest BCUT2D eigenvalue weighted by Crippen LogP contribution is -2.35. The Bertz CT molecular complexity index is 192. The van der Waals surface area contributed by atoms with Gasteiger partial charge in [-0.25, -0.2) is 0 Å². The first-order valence-corrected chi connectivity index (χ1v) is 3.43. The molecule has 2 unspecified atom stereocenters. The van der Waals surface area contributed by atoms with Crippen molar-refractivity contribution < 1.29 is 9.59 Å². The Morgan fingerprint density at radius 1 is 1.55 bits per heavy atom. The van der Waals surface area contributed by atoms with Crippen molar-refractivity contribution in [3.05, 3.63) is 0 Å². The molecule has 0 aromatic heterocycles. The van der Waals surface area contributed by atoms with Gasteiger partial charge in [0.2, 0.25) is 11.8 Å². The van der Waals surface area contributed by atoms with E-state index in [4.69, 9.17) is 11.5 Å². The van der Waals surface area contributed by atoms with Gasteiger partial charge in [0.05, 0.1) is 12.5 Å². The van der Waals surface area contributed by atoms with Crippen molar-refractivity contribution in [3.8, 4) is 0 Å². The van der Waals surface area contributed by atoms with Gasteiger partial charge in [-0.3, -0.25) is 9.59 Å². The van der Waals surface area contributed by atoms with Crippen molar-refractivity contribution in [2.45, 2.75) is 12.5 Å². The lowest BCUT2D eigenvalue weighted by molar-refractivity contribution is -0.125. The third-order valence-electron chi connectivity index (χ3n) is 1.61. The Hall–Kier alpha value is -1.10. The molecule has 0 aromatic rings. The molecule has 0 heterocycles. The van der Waals surface area contributed by atoms with Crippen molar-refractivity contribution in [2.24, 2.45) is 17.4 Å². The second kappa shape index (κ2) is 2.87. The maximum Gasteiger partial charge on any atom is 0.236 e. The lowest BCUT2D eigenvalue weighted by Gasteiger charge is -1.99. The molecule has 62 valence electrons. The molecule has 2 amide bonds. The maximum absolute atomic E-state index is 10.9. The van der Waals surface area contributed by atoms with Crippen LogP contribution in [-0.4, -0.2) is 24.4 Å². The minimum atomic E-state index is -0.535. The van der Waals surface area contributed by atoms with Crippen LogP contribution in [0.15, 0.2) is 0 Å². The Morgan fingerprint density at radius 3 is 2.45 bits per heavy atom. The van der Waals surface area contributed by atoms with Gasteiger partial charge in [-0.15, -0.1) is 0 Å². The summed E-state index contributed by atoms with van der Waals surface area (Å²) in [5, 5.41) is 2.38. The molecule has 1 rings (SSSR count). The molecule has 11 heavy (non-hydrogen) atoms. The van der Waals surface area contributed by atoms with E-state index < -0.39 is 5.91 Å². The lowest BCUT2D eigenvalue weighted by atomic mass is 10.4. The average molecular weight is 157 g/mol. The number of carbonyl (C=O) groups is 2. The predicted molar refractivity (Wildman–Crippen MR) is 38.3 cm³/mol. The van der Waals surface area contributed by atoms with Gasteiger partial charge in [-0.05, 0) is 6.42 Å². The van der Waals surface area contributed by atoms with Crippen LogP contribution in [0.4, 0.5) is 0 Å². The van der Waals surface area contributed by atoms with Crippen LogP contribution in [0.2, 0.25) is 0 Å². The summed E-state index contributed by atoms with van der Waals surface area (Å²) >= 11 is 0. The first kappa shape index (κ1) is 8.00. The third kappa shape index (κ3) is 2.19. The van der Waals surface area contributed by atoms with Crippen LogP contribution in [0.1, 0.15) is 6.42 Å². The van der Waals surface area contributed by atoms with E-state index in [1.165, 1.54) is 0 Å². The molecule has 0 spiro atoms. The Kier molecular flexibility index (Phi) is 2.09. The Labute approximate surface area is 64.1 Å². The standard InChI is InChI=1S/C6H11N3O2/c7-4-1-3(4)6(11)9-2-5(8)10/h3-4H,1-2,7H2,(H2,8,10)(H,9,11). The molecule has 0 saturated heterocycles. The summed E-state index contributed by atoms with van der Waals surface area (Å²) in [6.07, 6.45) is 0.713. The van der Waals surface area contributed by atoms with Gasteiger partial charge in [0.1, 0.15) is 0 Å². The summed E-state index contributed by atoms with van der Waals surface area (Å²) in [6.45, 7) is -0.0952. The quantitative estimate of drug-likeness (QED) is 0.439. The van der Waals surface area contributed by atoms with Gasteiger partial charge < -0.3 is 16.8 Å². The van der Waals surface area contributed by atoms with E-state index in [0.29, 0.717) is 6.42 Å². The number of nitrogens with one attached hydrogen (secondary N) is 1. The highest BCUT2D eigenvalue weighted by Gasteiger charge is 2.39. The van der Waals surface area contributed by atoms with Crippen LogP contribution < -0.4 is 16.8 Å². The molecule has 0 bridgehead atoms. The van der Waals surface area contributed by atoms with Crippen molar-refractivity contribution >= 4 is 11.8 Å². The van der Waals surface area contributed by atoms with E-state index in [1.54, 1.807) is 0 Å². The van der Waals surface area contributed by atoms with E-state index in [0.717, 1.165) is 0 Å². The second-order valence-electron chi connectivity index (χ2n) is 2.69. The second-order valence-corrected chi connectivity index (χ2v) is 2.69. The molecular weight excluding hydrogens is 146 g/mol. The molecule has 0 aromatic carbocycles. The van der Waals surface area contributed by atoms with Gasteiger partial charge in [0.25, 0.3) is 0 Å². The maximum atomic E-state index is 10.9. The SMILES string of the molecule is NC(=O)CNC(=O)C1CC1N. The summed E-state index contributed by atoms with van der Waals surface area (Å²) in [7, 11) is 0. The number of carbonyl (C=O) groups excluding carboxylic acids is 2. The summed E-state index contributed by atoms with van der Waals surface area (Å²) < 4.78 is 0. The molecule has 5 heteroatoms. The van der Waals surface area contributed by atoms with E-state index in [9.17, 15) is 9.59 Å². The van der Waals surface area contributed by atoms with Gasteiger partial charge in [-0.1, -0.05) is 0 Å². The van der Waals surface area contributed by atoms with Gasteiger partial charge >= 0.3 is 0 Å². The number of rotatable bonds is 3. The van der Waals surface area contributed by atoms with Crippen molar-refractivity contribution in [1.29, 1.82) is 0 Å². The summed E-state index contributed by atoms with van der Waals surface area (Å²) in [5.41, 5.74) is 10.2. The van der Waals surface area contributed by atoms with Crippen LogP contribution in [0.25, 0.3) is 0 Å². The van der Waals surface area contributed by atoms with Crippen molar-refractivity contribution in [3.63, 3.8) is 0 Å². The minimum Gasteiger partial charge on any atom is -0.368 e. The van der Waals surface area contributed by atoms with Crippen LogP contribution in [0.5, 0.6) is 0 Å². The molecule has 0 aliphatic heterocycles. The normalized spacial score (nSPS) is 27.7. The molecule has 1 aliphatic rings. The first-order valence-electron chi connectivity index (χ1n) is 3.43. The number of amides is 2. The van der Waals surface area contributed by atoms with Crippen LogP contribution in [0, 0.1) is 5.92 Å². The fraction of sp³-hybridized carbons (Fsp3) is 0.667. The average Bonchev–Trinajstić information content (AvgIpc) is 2.61. The van der Waals surface area contributed by atoms with Crippen LogP contribution >= 0.6 is 0 Å². The zero-order valence-electron chi connectivity index (χ0n) is 6.04. The predicted octanol–water partition coefficient (Wildman–Crippen LogP) is -2.06. The highest BCUT2D eigenvalue weighted by molar-refractivity contribution is 5.86. The summed E-state index contributed by atoms with van der Waals surface area (Å²) in [4.78, 5) is 21.1. The Balaban J connectivity index is 2.17. The molecule has 1 fully saturated rings. The number of nitrogens with two attached hydrogens (primary N) is 2. The van der Waals surface area contributed by atoms with Gasteiger partial charge in [-0.2, -0.15) is 0 Å². The van der Waals surface area contributed by atoms with E-state index in [-0.39, 0.29) is 24.4 Å². The van der Waals surface area contributed by atoms with E-state index in [1.807, 2.05) is 0 Å². The van der Waals surface area contributed by atoms with Crippen LogP contribution in [-0.2, 0) is 9.59 Å². The first-order chi connectivity index (χ1) is 5.11. The van der Waals surface area contributed by atoms with Crippen molar-refractivity contribution in [2.75, 3.05) is 6.54 Å². The number of hydrogen-bond donors (Lipinski definition) is 3. The van der Waals surface area contributed by atoms with Crippen molar-refractivity contribution in [1.82, 2.24) is 5.32 Å². The zero-order chi connectivity index (χ0) is 8.43. The van der Waals surface area contributed by atoms with Gasteiger partial charge in [0.15, 0.2) is 0 Å². The number of hydrogen-bond acceptors (Lipinski definition) is 3. The summed E-state index contributed by atoms with van der Waals surface area (Å²) in [5.74, 6) is -0.807. The molecular formula is C6H11N3O2. The van der Waals surface area contributed by atoms with Crippen LogP contribution in [0.3, 0.4) is 0 Å². The fourth-order valence-electron chi connectivity index (χ4n) is 0.821. The number of primary amides is 1. The molecule has 5 N–H and O–H groups in total. The molecule has 1 saturated carbocycles.